The van der Waals surface area contributed by atoms with Crippen molar-refractivity contribution in [2.45, 2.75) is 6.42 Å². The molecule has 5 nitrogen and oxygen atoms in total. The van der Waals surface area contributed by atoms with E-state index in [2.05, 4.69) is 10.6 Å². The van der Waals surface area contributed by atoms with Crippen molar-refractivity contribution in [1.82, 2.24) is 9.88 Å². The highest BCUT2D eigenvalue weighted by Gasteiger charge is 2.04. The fourth-order valence-electron chi connectivity index (χ4n) is 1.14. The number of aromatic nitrogens is 1. The monoisotopic (exact) mass is 209 g/mol. The number of rotatable bonds is 4. The van der Waals surface area contributed by atoms with Crippen LogP contribution in [0.15, 0.2) is 23.1 Å². The molecule has 0 spiro atoms. The summed E-state index contributed by atoms with van der Waals surface area (Å²) in [5.41, 5.74) is 0.122. The molecule has 0 aliphatic rings. The Labute approximate surface area is 88.1 Å². The summed E-state index contributed by atoms with van der Waals surface area (Å²) in [5.74, 6) is -0.160. The van der Waals surface area contributed by atoms with Crippen LogP contribution in [0, 0.1) is 0 Å². The number of hydrogen-bond donors (Lipinski definition) is 2. The number of nitrogens with one attached hydrogen (secondary N) is 2. The molecule has 0 aliphatic heterocycles. The number of amides is 1. The molecule has 0 atom stereocenters. The molecule has 1 amide bonds. The molecule has 1 aromatic heterocycles. The van der Waals surface area contributed by atoms with Crippen molar-refractivity contribution in [3.8, 4) is 0 Å². The highest BCUT2D eigenvalue weighted by atomic mass is 16.2. The maximum atomic E-state index is 11.5. The third kappa shape index (κ3) is 3.21. The molecule has 0 unspecified atom stereocenters. The van der Waals surface area contributed by atoms with E-state index in [1.54, 1.807) is 32.4 Å². The molecule has 0 radical (unpaired) electrons. The molecule has 2 N–H and O–H groups in total. The first-order chi connectivity index (χ1) is 7.15. The van der Waals surface area contributed by atoms with Crippen LogP contribution in [0.3, 0.4) is 0 Å². The van der Waals surface area contributed by atoms with Crippen LogP contribution in [0.1, 0.15) is 6.42 Å². The second-order valence-corrected chi connectivity index (χ2v) is 3.24. The van der Waals surface area contributed by atoms with Crippen LogP contribution in [0.5, 0.6) is 0 Å². The smallest absolute Gasteiger partial charge is 0.274 e. The number of anilines is 1. The van der Waals surface area contributed by atoms with Crippen LogP contribution in [0.2, 0.25) is 0 Å². The lowest BCUT2D eigenvalue weighted by atomic mass is 10.3. The van der Waals surface area contributed by atoms with E-state index < -0.39 is 0 Å². The Balaban J connectivity index is 2.69. The van der Waals surface area contributed by atoms with Crippen molar-refractivity contribution in [2.75, 3.05) is 18.9 Å². The van der Waals surface area contributed by atoms with Gasteiger partial charge < -0.3 is 15.2 Å². The van der Waals surface area contributed by atoms with Gasteiger partial charge in [-0.15, -0.1) is 0 Å². The molecule has 0 bridgehead atoms. The van der Waals surface area contributed by atoms with Gasteiger partial charge in [0.2, 0.25) is 5.91 Å². The van der Waals surface area contributed by atoms with Gasteiger partial charge in [0.15, 0.2) is 0 Å². The fourth-order valence-corrected chi connectivity index (χ4v) is 1.14. The Hall–Kier alpha value is -1.62. The molecule has 0 aromatic carbocycles. The van der Waals surface area contributed by atoms with Crippen molar-refractivity contribution >= 4 is 11.6 Å². The Morgan fingerprint density at radius 2 is 2.27 bits per heavy atom. The van der Waals surface area contributed by atoms with Crippen molar-refractivity contribution in [1.29, 1.82) is 0 Å². The SMILES string of the molecule is CNCCC(=O)Nc1cccn(C)c1=O. The molecule has 1 rings (SSSR count). The van der Waals surface area contributed by atoms with Gasteiger partial charge in [-0.1, -0.05) is 0 Å². The molecular weight excluding hydrogens is 194 g/mol. The number of nitrogens with zero attached hydrogens (tertiary/aromatic N) is 1. The van der Waals surface area contributed by atoms with Gasteiger partial charge in [0, 0.05) is 26.2 Å². The standard InChI is InChI=1S/C10H15N3O2/c1-11-6-5-9(14)12-8-4-3-7-13(2)10(8)15/h3-4,7,11H,5-6H2,1-2H3,(H,12,14). The molecule has 5 heteroatoms. The molecule has 1 heterocycles. The zero-order valence-electron chi connectivity index (χ0n) is 8.91. The zero-order valence-corrected chi connectivity index (χ0v) is 8.91. The van der Waals surface area contributed by atoms with Crippen molar-refractivity contribution in [3.63, 3.8) is 0 Å². The van der Waals surface area contributed by atoms with Crippen LogP contribution in [0.25, 0.3) is 0 Å². The lowest BCUT2D eigenvalue weighted by Crippen LogP contribution is -2.25. The average Bonchev–Trinajstić information content (AvgIpc) is 2.22. The van der Waals surface area contributed by atoms with Crippen LogP contribution in [0.4, 0.5) is 5.69 Å². The summed E-state index contributed by atoms with van der Waals surface area (Å²) in [6.45, 7) is 0.596. The molecule has 82 valence electrons. The maximum absolute atomic E-state index is 11.5. The number of hydrogen-bond acceptors (Lipinski definition) is 3. The van der Waals surface area contributed by atoms with Gasteiger partial charge in [-0.25, -0.2) is 0 Å². The van der Waals surface area contributed by atoms with Crippen LogP contribution in [-0.2, 0) is 11.8 Å². The number of carbonyl (C=O) groups is 1. The lowest BCUT2D eigenvalue weighted by Gasteiger charge is -2.05. The van der Waals surface area contributed by atoms with E-state index in [9.17, 15) is 9.59 Å². The maximum Gasteiger partial charge on any atom is 0.274 e. The molecule has 0 saturated heterocycles. The van der Waals surface area contributed by atoms with Gasteiger partial charge in [0.1, 0.15) is 5.69 Å². The van der Waals surface area contributed by atoms with Crippen LogP contribution >= 0.6 is 0 Å². The van der Waals surface area contributed by atoms with Gasteiger partial charge in [-0.3, -0.25) is 9.59 Å². The van der Waals surface area contributed by atoms with E-state index in [4.69, 9.17) is 0 Å². The van der Waals surface area contributed by atoms with E-state index in [0.717, 1.165) is 0 Å². The van der Waals surface area contributed by atoms with E-state index in [0.29, 0.717) is 18.7 Å². The quantitative estimate of drug-likeness (QED) is 0.730. The zero-order chi connectivity index (χ0) is 11.3. The van der Waals surface area contributed by atoms with Crippen molar-refractivity contribution in [3.05, 3.63) is 28.7 Å². The lowest BCUT2D eigenvalue weighted by molar-refractivity contribution is -0.116. The first-order valence-corrected chi connectivity index (χ1v) is 4.75. The Kier molecular flexibility index (Phi) is 4.05. The average molecular weight is 209 g/mol. The van der Waals surface area contributed by atoms with E-state index in [1.807, 2.05) is 0 Å². The second kappa shape index (κ2) is 5.31. The molecule has 15 heavy (non-hydrogen) atoms. The van der Waals surface area contributed by atoms with E-state index in [1.165, 1.54) is 4.57 Å². The number of carbonyl (C=O) groups excluding carboxylic acids is 1. The van der Waals surface area contributed by atoms with E-state index in [-0.39, 0.29) is 11.5 Å². The normalized spacial score (nSPS) is 10.0. The fraction of sp³-hybridized carbons (Fsp3) is 0.400. The first-order valence-electron chi connectivity index (χ1n) is 4.75. The summed E-state index contributed by atoms with van der Waals surface area (Å²) in [4.78, 5) is 22.8. The largest absolute Gasteiger partial charge is 0.321 e. The third-order valence-electron chi connectivity index (χ3n) is 2.00. The van der Waals surface area contributed by atoms with E-state index >= 15 is 0 Å². The molecule has 0 saturated carbocycles. The molecule has 1 aromatic rings. The predicted octanol–water partition coefficient (Wildman–Crippen LogP) is -0.0667. The first kappa shape index (κ1) is 11.5. The highest BCUT2D eigenvalue weighted by molar-refractivity contribution is 5.90. The minimum atomic E-state index is -0.199. The van der Waals surface area contributed by atoms with Gasteiger partial charge >= 0.3 is 0 Å². The van der Waals surface area contributed by atoms with Crippen molar-refractivity contribution < 1.29 is 4.79 Å². The van der Waals surface area contributed by atoms with Crippen LogP contribution in [-0.4, -0.2) is 24.1 Å². The number of aryl methyl sites for hydroxylation is 1. The summed E-state index contributed by atoms with van der Waals surface area (Å²) in [5, 5.41) is 5.44. The van der Waals surface area contributed by atoms with Gasteiger partial charge in [0.05, 0.1) is 0 Å². The highest BCUT2D eigenvalue weighted by Crippen LogP contribution is 1.98. The minimum Gasteiger partial charge on any atom is -0.321 e. The summed E-state index contributed by atoms with van der Waals surface area (Å²) in [7, 11) is 3.42. The van der Waals surface area contributed by atoms with Gasteiger partial charge in [-0.2, -0.15) is 0 Å². The van der Waals surface area contributed by atoms with Crippen LogP contribution < -0.4 is 16.2 Å². The third-order valence-corrected chi connectivity index (χ3v) is 2.00. The molecular formula is C10H15N3O2. The Morgan fingerprint density at radius 3 is 2.93 bits per heavy atom. The number of pyridine rings is 1. The van der Waals surface area contributed by atoms with Gasteiger partial charge in [0.25, 0.3) is 5.56 Å². The summed E-state index contributed by atoms with van der Waals surface area (Å²) < 4.78 is 1.42. The minimum absolute atomic E-state index is 0.160. The van der Waals surface area contributed by atoms with Gasteiger partial charge in [-0.05, 0) is 19.2 Å². The molecule has 0 fully saturated rings. The second-order valence-electron chi connectivity index (χ2n) is 3.24. The molecule has 0 aliphatic carbocycles. The predicted molar refractivity (Wildman–Crippen MR) is 58.9 cm³/mol. The summed E-state index contributed by atoms with van der Waals surface area (Å²) in [6, 6.07) is 3.31. The van der Waals surface area contributed by atoms with Crippen molar-refractivity contribution in [2.24, 2.45) is 7.05 Å². The topological polar surface area (TPSA) is 63.1 Å². The Morgan fingerprint density at radius 1 is 1.53 bits per heavy atom. The summed E-state index contributed by atoms with van der Waals surface area (Å²) in [6.07, 6.45) is 2.00. The summed E-state index contributed by atoms with van der Waals surface area (Å²) >= 11 is 0. The Bertz CT molecular complexity index is 398.